The van der Waals surface area contributed by atoms with Crippen molar-refractivity contribution >= 4 is 22.5 Å². The van der Waals surface area contributed by atoms with Crippen molar-refractivity contribution in [3.63, 3.8) is 0 Å². The van der Waals surface area contributed by atoms with E-state index >= 15 is 0 Å². The van der Waals surface area contributed by atoms with Gasteiger partial charge >= 0.3 is 0 Å². The standard InChI is InChI=1S/C16H22N4O/c17-11-16(7-3-1-2-4-8-16)15(21)19-13-6-5-12-10-18-20-14(12)9-13/h5-6,9-10H,1-4,7-8,11,17H2,(H,18,20)(H,19,21). The number of hydrogen-bond donors (Lipinski definition) is 3. The second-order valence-electron chi connectivity index (χ2n) is 6.02. The van der Waals surface area contributed by atoms with Gasteiger partial charge in [0.1, 0.15) is 0 Å². The first-order valence-corrected chi connectivity index (χ1v) is 7.68. The number of carbonyl (C=O) groups excluding carboxylic acids is 1. The predicted molar refractivity (Wildman–Crippen MR) is 83.9 cm³/mol. The van der Waals surface area contributed by atoms with Crippen LogP contribution in [0.1, 0.15) is 38.5 Å². The topological polar surface area (TPSA) is 83.8 Å². The van der Waals surface area contributed by atoms with Gasteiger partial charge in [0.15, 0.2) is 0 Å². The molecule has 1 aliphatic carbocycles. The van der Waals surface area contributed by atoms with Gasteiger partial charge in [0, 0.05) is 17.6 Å². The van der Waals surface area contributed by atoms with Gasteiger partial charge in [-0.1, -0.05) is 25.7 Å². The van der Waals surface area contributed by atoms with E-state index in [0.29, 0.717) is 6.54 Å². The molecule has 5 nitrogen and oxygen atoms in total. The average molecular weight is 286 g/mol. The predicted octanol–water partition coefficient (Wildman–Crippen LogP) is 2.80. The Morgan fingerprint density at radius 1 is 1.29 bits per heavy atom. The second-order valence-corrected chi connectivity index (χ2v) is 6.02. The Hall–Kier alpha value is -1.88. The number of carbonyl (C=O) groups is 1. The highest BCUT2D eigenvalue weighted by Crippen LogP contribution is 2.35. The van der Waals surface area contributed by atoms with Crippen LogP contribution in [0.5, 0.6) is 0 Å². The maximum Gasteiger partial charge on any atom is 0.231 e. The quantitative estimate of drug-likeness (QED) is 0.759. The van der Waals surface area contributed by atoms with Crippen LogP contribution in [0.25, 0.3) is 10.9 Å². The highest BCUT2D eigenvalue weighted by Gasteiger charge is 2.37. The van der Waals surface area contributed by atoms with Crippen LogP contribution >= 0.6 is 0 Å². The lowest BCUT2D eigenvalue weighted by molar-refractivity contribution is -0.125. The van der Waals surface area contributed by atoms with E-state index in [-0.39, 0.29) is 5.91 Å². The molecule has 2 aromatic rings. The zero-order valence-electron chi connectivity index (χ0n) is 12.2. The normalized spacial score (nSPS) is 18.3. The molecule has 4 N–H and O–H groups in total. The molecule has 0 unspecified atom stereocenters. The maximum absolute atomic E-state index is 12.7. The van der Waals surface area contributed by atoms with E-state index in [9.17, 15) is 4.79 Å². The van der Waals surface area contributed by atoms with E-state index in [1.165, 1.54) is 12.8 Å². The van der Waals surface area contributed by atoms with Crippen LogP contribution in [0.15, 0.2) is 24.4 Å². The average Bonchev–Trinajstić information content (AvgIpc) is 2.82. The number of benzene rings is 1. The van der Waals surface area contributed by atoms with E-state index in [2.05, 4.69) is 15.5 Å². The monoisotopic (exact) mass is 286 g/mol. The summed E-state index contributed by atoms with van der Waals surface area (Å²) < 4.78 is 0. The molecular weight excluding hydrogens is 264 g/mol. The number of H-pyrrole nitrogens is 1. The Morgan fingerprint density at radius 2 is 2.05 bits per heavy atom. The largest absolute Gasteiger partial charge is 0.329 e. The summed E-state index contributed by atoms with van der Waals surface area (Å²) in [5.74, 6) is 0.0609. The molecule has 0 spiro atoms. The van der Waals surface area contributed by atoms with Crippen molar-refractivity contribution in [2.75, 3.05) is 11.9 Å². The zero-order valence-corrected chi connectivity index (χ0v) is 12.2. The Labute approximate surface area is 124 Å². The highest BCUT2D eigenvalue weighted by molar-refractivity contribution is 5.97. The summed E-state index contributed by atoms with van der Waals surface area (Å²) in [4.78, 5) is 12.7. The molecule has 1 heterocycles. The van der Waals surface area contributed by atoms with Crippen LogP contribution in [-0.2, 0) is 4.79 Å². The van der Waals surface area contributed by atoms with Gasteiger partial charge in [-0.15, -0.1) is 0 Å². The second kappa shape index (κ2) is 5.85. The number of aromatic nitrogens is 2. The SMILES string of the molecule is NCC1(C(=O)Nc2ccc3cn[nH]c3c2)CCCCCC1. The number of anilines is 1. The Balaban J connectivity index is 1.79. The number of nitrogens with zero attached hydrogens (tertiary/aromatic N) is 1. The van der Waals surface area contributed by atoms with Gasteiger partial charge in [-0.25, -0.2) is 0 Å². The van der Waals surface area contributed by atoms with E-state index in [0.717, 1.165) is 42.3 Å². The fraction of sp³-hybridized carbons (Fsp3) is 0.500. The third-order valence-corrected chi connectivity index (χ3v) is 4.63. The van der Waals surface area contributed by atoms with Crippen molar-refractivity contribution in [2.45, 2.75) is 38.5 Å². The van der Waals surface area contributed by atoms with Gasteiger partial charge in [0.05, 0.1) is 17.1 Å². The van der Waals surface area contributed by atoms with Crippen molar-refractivity contribution in [3.8, 4) is 0 Å². The van der Waals surface area contributed by atoms with Crippen molar-refractivity contribution in [2.24, 2.45) is 11.1 Å². The molecule has 0 bridgehead atoms. The molecule has 1 amide bonds. The zero-order chi connectivity index (χ0) is 14.7. The minimum Gasteiger partial charge on any atom is -0.329 e. The number of amides is 1. The lowest BCUT2D eigenvalue weighted by atomic mass is 9.79. The summed E-state index contributed by atoms with van der Waals surface area (Å²) in [7, 11) is 0. The third-order valence-electron chi connectivity index (χ3n) is 4.63. The van der Waals surface area contributed by atoms with Gasteiger partial charge in [-0.3, -0.25) is 9.89 Å². The summed E-state index contributed by atoms with van der Waals surface area (Å²) in [6, 6.07) is 5.79. The van der Waals surface area contributed by atoms with Gasteiger partial charge in [-0.2, -0.15) is 5.10 Å². The molecule has 0 radical (unpaired) electrons. The maximum atomic E-state index is 12.7. The van der Waals surface area contributed by atoms with E-state index in [1.54, 1.807) is 6.20 Å². The molecule has 1 aliphatic rings. The number of rotatable bonds is 3. The smallest absolute Gasteiger partial charge is 0.231 e. The van der Waals surface area contributed by atoms with E-state index < -0.39 is 5.41 Å². The fourth-order valence-corrected chi connectivity index (χ4v) is 3.21. The molecule has 112 valence electrons. The van der Waals surface area contributed by atoms with Crippen molar-refractivity contribution in [1.82, 2.24) is 10.2 Å². The first-order valence-electron chi connectivity index (χ1n) is 7.68. The molecule has 1 aromatic heterocycles. The van der Waals surface area contributed by atoms with Crippen LogP contribution in [-0.4, -0.2) is 22.6 Å². The van der Waals surface area contributed by atoms with Crippen molar-refractivity contribution in [1.29, 1.82) is 0 Å². The Morgan fingerprint density at radius 3 is 2.76 bits per heavy atom. The van der Waals surface area contributed by atoms with Crippen LogP contribution in [0, 0.1) is 5.41 Å². The Kier molecular flexibility index (Phi) is 3.92. The summed E-state index contributed by atoms with van der Waals surface area (Å²) >= 11 is 0. The third kappa shape index (κ3) is 2.78. The van der Waals surface area contributed by atoms with E-state index in [1.807, 2.05) is 18.2 Å². The van der Waals surface area contributed by atoms with Crippen LogP contribution in [0.2, 0.25) is 0 Å². The summed E-state index contributed by atoms with van der Waals surface area (Å²) in [6.07, 6.45) is 8.13. The molecule has 1 aromatic carbocycles. The number of nitrogens with one attached hydrogen (secondary N) is 2. The number of hydrogen-bond acceptors (Lipinski definition) is 3. The first-order chi connectivity index (χ1) is 10.2. The van der Waals surface area contributed by atoms with Gasteiger partial charge in [0.2, 0.25) is 5.91 Å². The molecule has 1 saturated carbocycles. The number of aromatic amines is 1. The lowest BCUT2D eigenvalue weighted by Crippen LogP contribution is -2.42. The van der Waals surface area contributed by atoms with Crippen LogP contribution in [0.3, 0.4) is 0 Å². The van der Waals surface area contributed by atoms with Gasteiger partial charge < -0.3 is 11.1 Å². The summed E-state index contributed by atoms with van der Waals surface area (Å²) in [5, 5.41) is 11.0. The first kappa shape index (κ1) is 14.1. The molecule has 0 atom stereocenters. The van der Waals surface area contributed by atoms with Gasteiger partial charge in [-0.05, 0) is 31.0 Å². The summed E-state index contributed by atoms with van der Waals surface area (Å²) in [5.41, 5.74) is 7.28. The number of fused-ring (bicyclic) bond motifs is 1. The van der Waals surface area contributed by atoms with Gasteiger partial charge in [0.25, 0.3) is 0 Å². The molecule has 21 heavy (non-hydrogen) atoms. The lowest BCUT2D eigenvalue weighted by Gasteiger charge is -2.29. The fourth-order valence-electron chi connectivity index (χ4n) is 3.21. The van der Waals surface area contributed by atoms with Crippen molar-refractivity contribution < 1.29 is 4.79 Å². The van der Waals surface area contributed by atoms with Crippen LogP contribution in [0.4, 0.5) is 5.69 Å². The molecule has 0 aliphatic heterocycles. The van der Waals surface area contributed by atoms with Crippen molar-refractivity contribution in [3.05, 3.63) is 24.4 Å². The molecule has 0 saturated heterocycles. The molecule has 5 heteroatoms. The summed E-state index contributed by atoms with van der Waals surface area (Å²) in [6.45, 7) is 0.422. The highest BCUT2D eigenvalue weighted by atomic mass is 16.2. The van der Waals surface area contributed by atoms with Crippen LogP contribution < -0.4 is 11.1 Å². The number of nitrogens with two attached hydrogens (primary N) is 1. The molecule has 3 rings (SSSR count). The Bertz CT molecular complexity index is 626. The van der Waals surface area contributed by atoms with E-state index in [4.69, 9.17) is 5.73 Å². The minimum absolute atomic E-state index is 0.0609. The molecular formula is C16H22N4O. The molecule has 1 fully saturated rings. The minimum atomic E-state index is -0.403.